The lowest BCUT2D eigenvalue weighted by molar-refractivity contribution is 0.102. The fraction of sp³-hybridized carbons (Fsp3) is 0.278. The molecule has 0 atom stereocenters. The van der Waals surface area contributed by atoms with Gasteiger partial charge in [-0.25, -0.2) is 4.39 Å². The number of rotatable bonds is 4. The molecule has 6 heteroatoms. The van der Waals surface area contributed by atoms with Crippen LogP contribution in [0.15, 0.2) is 42.5 Å². The number of amides is 1. The molecule has 2 aromatic rings. The van der Waals surface area contributed by atoms with Gasteiger partial charge in [0.05, 0.1) is 37.3 Å². The first kappa shape index (κ1) is 16.3. The van der Waals surface area contributed by atoms with Crippen LogP contribution in [0.25, 0.3) is 0 Å². The summed E-state index contributed by atoms with van der Waals surface area (Å²) in [5.41, 5.74) is 1.62. The third-order valence-corrected chi connectivity index (χ3v) is 3.91. The quantitative estimate of drug-likeness (QED) is 0.936. The largest absolute Gasteiger partial charge is 0.496 e. The van der Waals surface area contributed by atoms with E-state index in [-0.39, 0.29) is 5.91 Å². The molecule has 0 radical (unpaired) electrons. The predicted molar refractivity (Wildman–Crippen MR) is 90.4 cm³/mol. The van der Waals surface area contributed by atoms with Crippen LogP contribution >= 0.6 is 0 Å². The summed E-state index contributed by atoms with van der Waals surface area (Å²) in [4.78, 5) is 14.7. The van der Waals surface area contributed by atoms with E-state index in [2.05, 4.69) is 10.2 Å². The topological polar surface area (TPSA) is 50.8 Å². The summed E-state index contributed by atoms with van der Waals surface area (Å²) >= 11 is 0. The van der Waals surface area contributed by atoms with Crippen LogP contribution in [0.5, 0.6) is 5.75 Å². The summed E-state index contributed by atoms with van der Waals surface area (Å²) in [7, 11) is 1.51. The van der Waals surface area contributed by atoms with Gasteiger partial charge in [-0.2, -0.15) is 0 Å². The molecular formula is C18H19FN2O3. The number of ether oxygens (including phenoxy) is 2. The maximum Gasteiger partial charge on any atom is 0.259 e. The van der Waals surface area contributed by atoms with E-state index in [1.165, 1.54) is 19.2 Å². The van der Waals surface area contributed by atoms with Gasteiger partial charge in [0.25, 0.3) is 5.91 Å². The van der Waals surface area contributed by atoms with Crippen molar-refractivity contribution in [1.29, 1.82) is 0 Å². The van der Waals surface area contributed by atoms with Gasteiger partial charge in [-0.3, -0.25) is 4.79 Å². The standard InChI is InChI=1S/C18H19FN2O3/c1-23-17-5-3-2-4-14(17)18(22)20-15-12-13(19)6-7-16(15)21-8-10-24-11-9-21/h2-7,12H,8-11H2,1H3,(H,20,22). The highest BCUT2D eigenvalue weighted by molar-refractivity contribution is 6.07. The van der Waals surface area contributed by atoms with Gasteiger partial charge in [0, 0.05) is 13.1 Å². The first-order valence-electron chi connectivity index (χ1n) is 7.75. The van der Waals surface area contributed by atoms with E-state index in [1.54, 1.807) is 30.3 Å². The van der Waals surface area contributed by atoms with E-state index in [4.69, 9.17) is 9.47 Å². The summed E-state index contributed by atoms with van der Waals surface area (Å²) in [5, 5.41) is 2.80. The third-order valence-electron chi connectivity index (χ3n) is 3.91. The maximum absolute atomic E-state index is 13.7. The van der Waals surface area contributed by atoms with Crippen molar-refractivity contribution in [3.63, 3.8) is 0 Å². The average molecular weight is 330 g/mol. The Labute approximate surface area is 140 Å². The van der Waals surface area contributed by atoms with Crippen molar-refractivity contribution in [2.75, 3.05) is 43.6 Å². The van der Waals surface area contributed by atoms with Gasteiger partial charge in [-0.1, -0.05) is 12.1 Å². The Balaban J connectivity index is 1.88. The predicted octanol–water partition coefficient (Wildman–Crippen LogP) is 2.92. The van der Waals surface area contributed by atoms with Crippen molar-refractivity contribution >= 4 is 17.3 Å². The van der Waals surface area contributed by atoms with Crippen LogP contribution in [0.4, 0.5) is 15.8 Å². The number of anilines is 2. The minimum Gasteiger partial charge on any atom is -0.496 e. The van der Waals surface area contributed by atoms with E-state index in [0.717, 1.165) is 5.69 Å². The molecule has 3 rings (SSSR count). The summed E-state index contributed by atoms with van der Waals surface area (Å²) in [6.07, 6.45) is 0. The monoisotopic (exact) mass is 330 g/mol. The van der Waals surface area contributed by atoms with Gasteiger partial charge in [0.1, 0.15) is 11.6 Å². The van der Waals surface area contributed by atoms with Gasteiger partial charge < -0.3 is 19.7 Å². The number of morpholine rings is 1. The number of methoxy groups -OCH3 is 1. The second-order valence-corrected chi connectivity index (χ2v) is 5.42. The van der Waals surface area contributed by atoms with Crippen LogP contribution < -0.4 is 15.0 Å². The molecule has 24 heavy (non-hydrogen) atoms. The molecule has 0 aliphatic carbocycles. The zero-order valence-corrected chi connectivity index (χ0v) is 13.4. The maximum atomic E-state index is 13.7. The number of halogens is 1. The normalized spacial score (nSPS) is 14.3. The number of para-hydroxylation sites is 1. The number of hydrogen-bond donors (Lipinski definition) is 1. The Morgan fingerprint density at radius 3 is 2.71 bits per heavy atom. The van der Waals surface area contributed by atoms with E-state index in [1.807, 2.05) is 0 Å². The fourth-order valence-corrected chi connectivity index (χ4v) is 2.71. The molecule has 1 amide bonds. The number of benzene rings is 2. The lowest BCUT2D eigenvalue weighted by Gasteiger charge is -2.30. The highest BCUT2D eigenvalue weighted by atomic mass is 19.1. The molecule has 0 saturated carbocycles. The van der Waals surface area contributed by atoms with Crippen LogP contribution in [0.3, 0.4) is 0 Å². The summed E-state index contributed by atoms with van der Waals surface area (Å²) in [5.74, 6) is -0.269. The lowest BCUT2D eigenvalue weighted by Crippen LogP contribution is -2.36. The SMILES string of the molecule is COc1ccccc1C(=O)Nc1cc(F)ccc1N1CCOCC1. The van der Waals surface area contributed by atoms with E-state index < -0.39 is 5.82 Å². The molecule has 126 valence electrons. The Morgan fingerprint density at radius 1 is 1.21 bits per heavy atom. The van der Waals surface area contributed by atoms with Crippen molar-refractivity contribution in [1.82, 2.24) is 0 Å². The van der Waals surface area contributed by atoms with E-state index >= 15 is 0 Å². The van der Waals surface area contributed by atoms with Crippen LogP contribution in [-0.4, -0.2) is 39.3 Å². The van der Waals surface area contributed by atoms with Crippen molar-refractivity contribution in [3.05, 3.63) is 53.8 Å². The van der Waals surface area contributed by atoms with Gasteiger partial charge in [0.2, 0.25) is 0 Å². The minimum absolute atomic E-state index is 0.340. The van der Waals surface area contributed by atoms with E-state index in [0.29, 0.717) is 43.3 Å². The Bertz CT molecular complexity index is 730. The van der Waals surface area contributed by atoms with E-state index in [9.17, 15) is 9.18 Å². The molecule has 1 heterocycles. The van der Waals surface area contributed by atoms with Crippen LogP contribution in [0.2, 0.25) is 0 Å². The van der Waals surface area contributed by atoms with Gasteiger partial charge in [-0.15, -0.1) is 0 Å². The minimum atomic E-state index is -0.401. The fourth-order valence-electron chi connectivity index (χ4n) is 2.71. The summed E-state index contributed by atoms with van der Waals surface area (Å²) < 4.78 is 24.3. The van der Waals surface area contributed by atoms with Crippen LogP contribution in [0.1, 0.15) is 10.4 Å². The molecule has 2 aromatic carbocycles. The van der Waals surface area contributed by atoms with Gasteiger partial charge in [0.15, 0.2) is 0 Å². The molecule has 0 spiro atoms. The molecule has 1 aliphatic heterocycles. The molecule has 5 nitrogen and oxygen atoms in total. The van der Waals surface area contributed by atoms with Crippen molar-refractivity contribution < 1.29 is 18.7 Å². The molecule has 1 aliphatic rings. The van der Waals surface area contributed by atoms with Crippen molar-refractivity contribution in [2.45, 2.75) is 0 Å². The second-order valence-electron chi connectivity index (χ2n) is 5.42. The first-order valence-corrected chi connectivity index (χ1v) is 7.75. The number of carbonyl (C=O) groups excluding carboxylic acids is 1. The summed E-state index contributed by atoms with van der Waals surface area (Å²) in [6, 6.07) is 11.3. The first-order chi connectivity index (χ1) is 11.7. The second kappa shape index (κ2) is 7.31. The van der Waals surface area contributed by atoms with Gasteiger partial charge >= 0.3 is 0 Å². The smallest absolute Gasteiger partial charge is 0.259 e. The van der Waals surface area contributed by atoms with Crippen molar-refractivity contribution in [3.8, 4) is 5.75 Å². The number of nitrogens with one attached hydrogen (secondary N) is 1. The lowest BCUT2D eigenvalue weighted by atomic mass is 10.1. The zero-order valence-electron chi connectivity index (χ0n) is 13.4. The molecule has 1 N–H and O–H groups in total. The molecule has 1 fully saturated rings. The number of carbonyl (C=O) groups is 1. The highest BCUT2D eigenvalue weighted by Gasteiger charge is 2.18. The average Bonchev–Trinajstić information content (AvgIpc) is 2.62. The highest BCUT2D eigenvalue weighted by Crippen LogP contribution is 2.29. The number of nitrogens with zero attached hydrogens (tertiary/aromatic N) is 1. The Kier molecular flexibility index (Phi) is 4.96. The summed E-state index contributed by atoms with van der Waals surface area (Å²) in [6.45, 7) is 2.61. The van der Waals surface area contributed by atoms with Gasteiger partial charge in [-0.05, 0) is 30.3 Å². The third kappa shape index (κ3) is 3.49. The molecular weight excluding hydrogens is 311 g/mol. The van der Waals surface area contributed by atoms with Crippen molar-refractivity contribution in [2.24, 2.45) is 0 Å². The van der Waals surface area contributed by atoms with Crippen LogP contribution in [-0.2, 0) is 4.74 Å². The zero-order chi connectivity index (χ0) is 16.9. The molecule has 1 saturated heterocycles. The van der Waals surface area contributed by atoms with Crippen LogP contribution in [0, 0.1) is 5.82 Å². The Hall–Kier alpha value is -2.60. The Morgan fingerprint density at radius 2 is 1.96 bits per heavy atom. The number of hydrogen-bond acceptors (Lipinski definition) is 4. The molecule has 0 unspecified atom stereocenters. The molecule has 0 aromatic heterocycles. The molecule has 0 bridgehead atoms.